The summed E-state index contributed by atoms with van der Waals surface area (Å²) in [4.78, 5) is 2.50. The highest BCUT2D eigenvalue weighted by atomic mass is 79.9. The van der Waals surface area contributed by atoms with Crippen LogP contribution in [0.4, 0.5) is 0 Å². The summed E-state index contributed by atoms with van der Waals surface area (Å²) < 4.78 is 11.9. The molecule has 0 spiro atoms. The monoisotopic (exact) mass is 342 g/mol. The number of hydrogen-bond donors (Lipinski definition) is 1. The predicted octanol–water partition coefficient (Wildman–Crippen LogP) is 2.22. The molecule has 5 heteroatoms. The number of rotatable bonds is 5. The zero-order chi connectivity index (χ0) is 14.5. The molecule has 20 heavy (non-hydrogen) atoms. The molecule has 4 nitrogen and oxygen atoms in total. The lowest BCUT2D eigenvalue weighted by Crippen LogP contribution is -2.44. The van der Waals surface area contributed by atoms with Gasteiger partial charge in [0.1, 0.15) is 0 Å². The quantitative estimate of drug-likeness (QED) is 0.889. The number of nitrogens with one attached hydrogen (secondary N) is 1. The standard InChI is InChI=1S/C15H23BrN2O2/c1-11-12(4-7-18-8-5-17-6-9-18)10-13(16)15(20-3)14(11)19-2/h10,17H,4-9H2,1-3H3. The molecule has 1 fully saturated rings. The van der Waals surface area contributed by atoms with E-state index in [1.165, 1.54) is 11.1 Å². The van der Waals surface area contributed by atoms with Gasteiger partial charge in [-0.1, -0.05) is 0 Å². The Bertz CT molecular complexity index is 460. The number of piperazine rings is 1. The third-order valence-electron chi connectivity index (χ3n) is 3.86. The van der Waals surface area contributed by atoms with Crippen LogP contribution in [0.2, 0.25) is 0 Å². The first-order chi connectivity index (χ1) is 9.67. The normalized spacial score (nSPS) is 16.2. The van der Waals surface area contributed by atoms with Crippen molar-refractivity contribution in [1.82, 2.24) is 10.2 Å². The van der Waals surface area contributed by atoms with Gasteiger partial charge in [0.25, 0.3) is 0 Å². The van der Waals surface area contributed by atoms with Crippen molar-refractivity contribution in [3.63, 3.8) is 0 Å². The van der Waals surface area contributed by atoms with E-state index in [1.54, 1.807) is 14.2 Å². The predicted molar refractivity (Wildman–Crippen MR) is 85.0 cm³/mol. The van der Waals surface area contributed by atoms with E-state index in [-0.39, 0.29) is 0 Å². The third-order valence-corrected chi connectivity index (χ3v) is 4.45. The van der Waals surface area contributed by atoms with E-state index < -0.39 is 0 Å². The van der Waals surface area contributed by atoms with Crippen LogP contribution in [0.25, 0.3) is 0 Å². The minimum absolute atomic E-state index is 0.774. The van der Waals surface area contributed by atoms with Crippen LogP contribution in [0, 0.1) is 6.92 Å². The van der Waals surface area contributed by atoms with Crippen molar-refractivity contribution in [2.45, 2.75) is 13.3 Å². The number of halogens is 1. The maximum Gasteiger partial charge on any atom is 0.175 e. The fourth-order valence-electron chi connectivity index (χ4n) is 2.66. The molecule has 0 bridgehead atoms. The summed E-state index contributed by atoms with van der Waals surface area (Å²) in [5, 5.41) is 3.38. The van der Waals surface area contributed by atoms with Crippen LogP contribution in [0.5, 0.6) is 11.5 Å². The summed E-state index contributed by atoms with van der Waals surface area (Å²) in [7, 11) is 3.36. The number of benzene rings is 1. The van der Waals surface area contributed by atoms with Gasteiger partial charge in [0.15, 0.2) is 11.5 Å². The Hall–Kier alpha value is -0.780. The molecule has 2 rings (SSSR count). The molecular formula is C15H23BrN2O2. The van der Waals surface area contributed by atoms with Crippen molar-refractivity contribution in [3.05, 3.63) is 21.7 Å². The van der Waals surface area contributed by atoms with Crippen molar-refractivity contribution in [3.8, 4) is 11.5 Å². The fourth-order valence-corrected chi connectivity index (χ4v) is 3.28. The highest BCUT2D eigenvalue weighted by Crippen LogP contribution is 2.39. The van der Waals surface area contributed by atoms with E-state index in [0.717, 1.165) is 55.1 Å². The Morgan fingerprint density at radius 3 is 2.45 bits per heavy atom. The van der Waals surface area contributed by atoms with Gasteiger partial charge in [-0.25, -0.2) is 0 Å². The van der Waals surface area contributed by atoms with Gasteiger partial charge in [-0.3, -0.25) is 0 Å². The minimum atomic E-state index is 0.774. The Morgan fingerprint density at radius 1 is 1.20 bits per heavy atom. The summed E-state index contributed by atoms with van der Waals surface area (Å²) in [5.41, 5.74) is 2.48. The third kappa shape index (κ3) is 3.45. The topological polar surface area (TPSA) is 33.7 Å². The van der Waals surface area contributed by atoms with Gasteiger partial charge >= 0.3 is 0 Å². The van der Waals surface area contributed by atoms with Gasteiger partial charge in [-0.15, -0.1) is 0 Å². The van der Waals surface area contributed by atoms with Crippen molar-refractivity contribution in [2.24, 2.45) is 0 Å². The molecule has 0 aliphatic carbocycles. The fraction of sp³-hybridized carbons (Fsp3) is 0.600. The van der Waals surface area contributed by atoms with Crippen molar-refractivity contribution >= 4 is 15.9 Å². The van der Waals surface area contributed by atoms with Crippen molar-refractivity contribution in [2.75, 3.05) is 46.9 Å². The summed E-state index contributed by atoms with van der Waals surface area (Å²) in [6, 6.07) is 2.15. The smallest absolute Gasteiger partial charge is 0.175 e. The maximum atomic E-state index is 5.50. The van der Waals surface area contributed by atoms with E-state index in [4.69, 9.17) is 9.47 Å². The lowest BCUT2D eigenvalue weighted by molar-refractivity contribution is 0.243. The molecular weight excluding hydrogens is 320 g/mol. The second-order valence-corrected chi connectivity index (χ2v) is 5.90. The van der Waals surface area contributed by atoms with E-state index in [9.17, 15) is 0 Å². The van der Waals surface area contributed by atoms with Crippen LogP contribution >= 0.6 is 15.9 Å². The van der Waals surface area contributed by atoms with Crippen LogP contribution in [0.1, 0.15) is 11.1 Å². The van der Waals surface area contributed by atoms with Gasteiger partial charge in [-0.05, 0) is 46.5 Å². The van der Waals surface area contributed by atoms with Gasteiger partial charge < -0.3 is 19.7 Å². The largest absolute Gasteiger partial charge is 0.493 e. The molecule has 1 aliphatic rings. The zero-order valence-corrected chi connectivity index (χ0v) is 14.0. The summed E-state index contributed by atoms with van der Waals surface area (Å²) in [6.07, 6.45) is 1.03. The Morgan fingerprint density at radius 2 is 1.85 bits per heavy atom. The van der Waals surface area contributed by atoms with Crippen LogP contribution in [0.15, 0.2) is 10.5 Å². The minimum Gasteiger partial charge on any atom is -0.493 e. The SMILES string of the molecule is COc1c(Br)cc(CCN2CCNCC2)c(C)c1OC. The molecule has 112 valence electrons. The van der Waals surface area contributed by atoms with E-state index >= 15 is 0 Å². The van der Waals surface area contributed by atoms with Crippen LogP contribution < -0.4 is 14.8 Å². The van der Waals surface area contributed by atoms with E-state index in [0.29, 0.717) is 0 Å². The molecule has 1 aromatic carbocycles. The Kier molecular flexibility index (Phi) is 5.69. The van der Waals surface area contributed by atoms with Gasteiger partial charge in [0.2, 0.25) is 0 Å². The average molecular weight is 343 g/mol. The first-order valence-electron chi connectivity index (χ1n) is 7.00. The zero-order valence-electron chi connectivity index (χ0n) is 12.5. The van der Waals surface area contributed by atoms with Crippen LogP contribution in [-0.2, 0) is 6.42 Å². The van der Waals surface area contributed by atoms with Gasteiger partial charge in [-0.2, -0.15) is 0 Å². The number of methoxy groups -OCH3 is 2. The molecule has 0 atom stereocenters. The molecule has 1 heterocycles. The highest BCUT2D eigenvalue weighted by Gasteiger charge is 2.17. The van der Waals surface area contributed by atoms with Gasteiger partial charge in [0, 0.05) is 32.7 Å². The van der Waals surface area contributed by atoms with E-state index in [1.807, 2.05) is 0 Å². The molecule has 1 aliphatic heterocycles. The maximum absolute atomic E-state index is 5.50. The Balaban J connectivity index is 2.13. The second kappa shape index (κ2) is 7.29. The lowest BCUT2D eigenvalue weighted by Gasteiger charge is -2.27. The molecule has 0 aromatic heterocycles. The average Bonchev–Trinajstić information content (AvgIpc) is 2.48. The molecule has 0 amide bonds. The summed E-state index contributed by atoms with van der Waals surface area (Å²) in [6.45, 7) is 7.63. The lowest BCUT2D eigenvalue weighted by atomic mass is 10.0. The first kappa shape index (κ1) is 15.6. The van der Waals surface area contributed by atoms with Crippen LogP contribution in [-0.4, -0.2) is 51.8 Å². The first-order valence-corrected chi connectivity index (χ1v) is 7.79. The number of hydrogen-bond acceptors (Lipinski definition) is 4. The van der Waals surface area contributed by atoms with Gasteiger partial charge in [0.05, 0.1) is 18.7 Å². The number of ether oxygens (including phenoxy) is 2. The summed E-state index contributed by atoms with van der Waals surface area (Å²) >= 11 is 3.57. The van der Waals surface area contributed by atoms with E-state index in [2.05, 4.69) is 39.1 Å². The second-order valence-electron chi connectivity index (χ2n) is 5.05. The molecule has 1 saturated heterocycles. The van der Waals surface area contributed by atoms with Crippen molar-refractivity contribution in [1.29, 1.82) is 0 Å². The highest BCUT2D eigenvalue weighted by molar-refractivity contribution is 9.10. The molecule has 1 N–H and O–H groups in total. The van der Waals surface area contributed by atoms with Crippen molar-refractivity contribution < 1.29 is 9.47 Å². The van der Waals surface area contributed by atoms with Crippen LogP contribution in [0.3, 0.4) is 0 Å². The molecule has 1 aromatic rings. The Labute approximate surface area is 129 Å². The summed E-state index contributed by atoms with van der Waals surface area (Å²) in [5.74, 6) is 1.60. The molecule has 0 unspecified atom stereocenters. The molecule has 0 radical (unpaired) electrons. The molecule has 0 saturated carbocycles. The number of nitrogens with zero attached hydrogens (tertiary/aromatic N) is 1.